The number of carbonyl (C=O) groups excluding carboxylic acids is 1. The number of benzene rings is 2. The molecule has 4 nitrogen and oxygen atoms in total. The van der Waals surface area contributed by atoms with Gasteiger partial charge >= 0.3 is 0 Å². The van der Waals surface area contributed by atoms with Crippen LogP contribution in [0, 0.1) is 6.92 Å². The summed E-state index contributed by atoms with van der Waals surface area (Å²) in [6.45, 7) is 8.21. The van der Waals surface area contributed by atoms with Crippen LogP contribution in [0.15, 0.2) is 48.5 Å². The lowest BCUT2D eigenvalue weighted by Gasteiger charge is -2.36. The van der Waals surface area contributed by atoms with Crippen LogP contribution in [0.25, 0.3) is 0 Å². The third kappa shape index (κ3) is 4.57. The highest BCUT2D eigenvalue weighted by molar-refractivity contribution is 6.31. The van der Waals surface area contributed by atoms with Crippen LogP contribution in [0.4, 0.5) is 5.69 Å². The smallest absolute Gasteiger partial charge is 0.234 e. The van der Waals surface area contributed by atoms with E-state index in [1.54, 1.807) is 0 Å². The van der Waals surface area contributed by atoms with Gasteiger partial charge in [0, 0.05) is 36.9 Å². The van der Waals surface area contributed by atoms with Crippen LogP contribution in [0.5, 0.6) is 0 Å². The first-order valence-electron chi connectivity index (χ1n) is 9.11. The van der Waals surface area contributed by atoms with E-state index in [4.69, 9.17) is 11.6 Å². The predicted molar refractivity (Wildman–Crippen MR) is 108 cm³/mol. The molecule has 0 aromatic heterocycles. The molecule has 1 fully saturated rings. The Kier molecular flexibility index (Phi) is 6.17. The van der Waals surface area contributed by atoms with E-state index in [0.717, 1.165) is 31.7 Å². The fourth-order valence-electron chi connectivity index (χ4n) is 3.46. The number of amides is 1. The summed E-state index contributed by atoms with van der Waals surface area (Å²) in [5.41, 5.74) is 3.54. The topological polar surface area (TPSA) is 35.6 Å². The minimum atomic E-state index is -0.0931. The predicted octanol–water partition coefficient (Wildman–Crippen LogP) is 3.65. The molecule has 1 aliphatic heterocycles. The van der Waals surface area contributed by atoms with E-state index >= 15 is 0 Å². The molecule has 138 valence electrons. The lowest BCUT2D eigenvalue weighted by molar-refractivity contribution is -0.123. The second kappa shape index (κ2) is 8.56. The molecule has 1 N–H and O–H groups in total. The zero-order chi connectivity index (χ0) is 18.5. The van der Waals surface area contributed by atoms with Gasteiger partial charge in [-0.05, 0) is 37.1 Å². The van der Waals surface area contributed by atoms with Crippen LogP contribution in [0.2, 0.25) is 5.02 Å². The van der Waals surface area contributed by atoms with Gasteiger partial charge in [0.25, 0.3) is 0 Å². The molecular formula is C21H26ClN3O. The van der Waals surface area contributed by atoms with Crippen molar-refractivity contribution in [1.29, 1.82) is 0 Å². The quantitative estimate of drug-likeness (QED) is 0.871. The van der Waals surface area contributed by atoms with E-state index in [9.17, 15) is 4.79 Å². The Balaban J connectivity index is 1.49. The minimum Gasteiger partial charge on any atom is -0.369 e. The van der Waals surface area contributed by atoms with Gasteiger partial charge < -0.3 is 10.2 Å². The maximum absolute atomic E-state index is 12.4. The van der Waals surface area contributed by atoms with E-state index in [2.05, 4.69) is 46.3 Å². The first-order chi connectivity index (χ1) is 12.5. The summed E-state index contributed by atoms with van der Waals surface area (Å²) >= 11 is 6.21. The molecule has 1 aliphatic rings. The van der Waals surface area contributed by atoms with Crippen molar-refractivity contribution >= 4 is 23.2 Å². The fourth-order valence-corrected chi connectivity index (χ4v) is 3.76. The normalized spacial score (nSPS) is 16.3. The van der Waals surface area contributed by atoms with Crippen LogP contribution in [-0.2, 0) is 4.79 Å². The summed E-state index contributed by atoms with van der Waals surface area (Å²) in [7, 11) is 0. The number of aryl methyl sites for hydroxylation is 1. The molecule has 1 saturated heterocycles. The van der Waals surface area contributed by atoms with E-state index in [0.29, 0.717) is 11.6 Å². The van der Waals surface area contributed by atoms with Crippen LogP contribution in [0.1, 0.15) is 24.1 Å². The number of anilines is 1. The summed E-state index contributed by atoms with van der Waals surface area (Å²) < 4.78 is 0. The van der Waals surface area contributed by atoms with E-state index in [-0.39, 0.29) is 11.9 Å². The zero-order valence-electron chi connectivity index (χ0n) is 15.4. The Morgan fingerprint density at radius 2 is 1.73 bits per heavy atom. The largest absolute Gasteiger partial charge is 0.369 e. The van der Waals surface area contributed by atoms with Crippen LogP contribution in [-0.4, -0.2) is 43.5 Å². The summed E-state index contributed by atoms with van der Waals surface area (Å²) in [5, 5.41) is 3.74. The third-order valence-electron chi connectivity index (χ3n) is 4.94. The van der Waals surface area contributed by atoms with Crippen molar-refractivity contribution in [1.82, 2.24) is 10.2 Å². The SMILES string of the molecule is Cc1ccccc1N1CCN(CC(=O)N[C@@H](C)c2ccccc2Cl)CC1. The summed E-state index contributed by atoms with van der Waals surface area (Å²) in [4.78, 5) is 17.0. The van der Waals surface area contributed by atoms with Crippen molar-refractivity contribution in [2.45, 2.75) is 19.9 Å². The number of piperazine rings is 1. The monoisotopic (exact) mass is 371 g/mol. The number of para-hydroxylation sites is 1. The molecule has 1 atom stereocenters. The third-order valence-corrected chi connectivity index (χ3v) is 5.29. The van der Waals surface area contributed by atoms with Gasteiger partial charge in [-0.1, -0.05) is 48.0 Å². The molecule has 0 spiro atoms. The van der Waals surface area contributed by atoms with Crippen molar-refractivity contribution in [2.24, 2.45) is 0 Å². The molecule has 2 aromatic rings. The van der Waals surface area contributed by atoms with Gasteiger partial charge in [-0.25, -0.2) is 0 Å². The Bertz CT molecular complexity index is 756. The van der Waals surface area contributed by atoms with Gasteiger partial charge in [-0.3, -0.25) is 9.69 Å². The average molecular weight is 372 g/mol. The minimum absolute atomic E-state index is 0.0433. The van der Waals surface area contributed by atoms with Gasteiger partial charge in [-0.15, -0.1) is 0 Å². The molecule has 26 heavy (non-hydrogen) atoms. The number of halogens is 1. The lowest BCUT2D eigenvalue weighted by atomic mass is 10.1. The Labute approximate surface area is 160 Å². The summed E-state index contributed by atoms with van der Waals surface area (Å²) in [5.74, 6) is 0.0433. The Morgan fingerprint density at radius 3 is 2.42 bits per heavy atom. The van der Waals surface area contributed by atoms with Crippen molar-refractivity contribution in [2.75, 3.05) is 37.6 Å². The van der Waals surface area contributed by atoms with Gasteiger partial charge in [-0.2, -0.15) is 0 Å². The highest BCUT2D eigenvalue weighted by Gasteiger charge is 2.21. The number of rotatable bonds is 5. The standard InChI is InChI=1S/C21H26ClN3O/c1-16-7-3-6-10-20(16)25-13-11-24(12-14-25)15-21(26)23-17(2)18-8-4-5-9-19(18)22/h3-10,17H,11-15H2,1-2H3,(H,23,26)/t17-/m0/s1. The Morgan fingerprint density at radius 1 is 1.08 bits per heavy atom. The van der Waals surface area contributed by atoms with E-state index < -0.39 is 0 Å². The molecule has 0 aliphatic carbocycles. The van der Waals surface area contributed by atoms with Gasteiger partial charge in [0.1, 0.15) is 0 Å². The number of carbonyl (C=O) groups is 1. The van der Waals surface area contributed by atoms with E-state index in [1.807, 2.05) is 31.2 Å². The molecule has 0 unspecified atom stereocenters. The molecule has 1 amide bonds. The van der Waals surface area contributed by atoms with Crippen LogP contribution in [0.3, 0.4) is 0 Å². The molecule has 3 rings (SSSR count). The molecule has 2 aromatic carbocycles. The molecule has 0 bridgehead atoms. The second-order valence-electron chi connectivity index (χ2n) is 6.86. The molecular weight excluding hydrogens is 346 g/mol. The number of hydrogen-bond acceptors (Lipinski definition) is 3. The average Bonchev–Trinajstić information content (AvgIpc) is 2.63. The maximum atomic E-state index is 12.4. The molecule has 0 saturated carbocycles. The molecule has 0 radical (unpaired) electrons. The van der Waals surface area contributed by atoms with Crippen LogP contribution < -0.4 is 10.2 Å². The lowest BCUT2D eigenvalue weighted by Crippen LogP contribution is -2.49. The number of hydrogen-bond donors (Lipinski definition) is 1. The van der Waals surface area contributed by atoms with Gasteiger partial charge in [0.05, 0.1) is 12.6 Å². The number of nitrogens with zero attached hydrogens (tertiary/aromatic N) is 2. The molecule has 1 heterocycles. The Hall–Kier alpha value is -2.04. The summed E-state index contributed by atoms with van der Waals surface area (Å²) in [6.07, 6.45) is 0. The zero-order valence-corrected chi connectivity index (χ0v) is 16.2. The van der Waals surface area contributed by atoms with Crippen molar-refractivity contribution in [3.8, 4) is 0 Å². The second-order valence-corrected chi connectivity index (χ2v) is 7.27. The highest BCUT2D eigenvalue weighted by Crippen LogP contribution is 2.22. The van der Waals surface area contributed by atoms with Crippen molar-refractivity contribution in [3.05, 3.63) is 64.7 Å². The highest BCUT2D eigenvalue weighted by atomic mass is 35.5. The molecule has 5 heteroatoms. The van der Waals surface area contributed by atoms with E-state index in [1.165, 1.54) is 11.3 Å². The van der Waals surface area contributed by atoms with Gasteiger partial charge in [0.2, 0.25) is 5.91 Å². The maximum Gasteiger partial charge on any atom is 0.234 e. The fraction of sp³-hybridized carbons (Fsp3) is 0.381. The summed E-state index contributed by atoms with van der Waals surface area (Å²) in [6, 6.07) is 16.0. The van der Waals surface area contributed by atoms with Gasteiger partial charge in [0.15, 0.2) is 0 Å². The van der Waals surface area contributed by atoms with Crippen molar-refractivity contribution in [3.63, 3.8) is 0 Å². The number of nitrogens with one attached hydrogen (secondary N) is 1. The first-order valence-corrected chi connectivity index (χ1v) is 9.49. The first kappa shape index (κ1) is 18.7. The van der Waals surface area contributed by atoms with Crippen LogP contribution >= 0.6 is 11.6 Å². The van der Waals surface area contributed by atoms with Crippen molar-refractivity contribution < 1.29 is 4.79 Å².